The second kappa shape index (κ2) is 7.23. The smallest absolute Gasteiger partial charge is 0.120 e. The normalized spacial score (nSPS) is 12.4. The van der Waals surface area contributed by atoms with Gasteiger partial charge >= 0.3 is 0 Å². The molecular formula is C18H24N2O. The maximum absolute atomic E-state index is 5.80. The molecule has 2 aromatic rings. The van der Waals surface area contributed by atoms with E-state index in [-0.39, 0.29) is 12.1 Å². The number of benzene rings is 1. The van der Waals surface area contributed by atoms with Crippen LogP contribution in [0.2, 0.25) is 0 Å². The molecule has 3 heteroatoms. The van der Waals surface area contributed by atoms with E-state index in [0.717, 1.165) is 18.0 Å². The molecule has 0 aliphatic carbocycles. The van der Waals surface area contributed by atoms with Gasteiger partial charge in [0.15, 0.2) is 0 Å². The molecule has 1 heterocycles. The highest BCUT2D eigenvalue weighted by Crippen LogP contribution is 2.26. The lowest BCUT2D eigenvalue weighted by molar-refractivity contribution is 0.242. The van der Waals surface area contributed by atoms with Gasteiger partial charge in [-0.15, -0.1) is 0 Å². The van der Waals surface area contributed by atoms with E-state index >= 15 is 0 Å². The average molecular weight is 284 g/mol. The van der Waals surface area contributed by atoms with Crippen LogP contribution in [-0.2, 0) is 0 Å². The zero-order chi connectivity index (χ0) is 15.2. The van der Waals surface area contributed by atoms with Gasteiger partial charge in [-0.25, -0.2) is 0 Å². The molecule has 0 radical (unpaired) electrons. The monoisotopic (exact) mass is 284 g/mol. The van der Waals surface area contributed by atoms with Gasteiger partial charge in [-0.05, 0) is 56.6 Å². The molecule has 1 aromatic carbocycles. The van der Waals surface area contributed by atoms with Crippen molar-refractivity contribution in [1.29, 1.82) is 0 Å². The van der Waals surface area contributed by atoms with E-state index in [4.69, 9.17) is 4.74 Å². The van der Waals surface area contributed by atoms with Gasteiger partial charge in [0.1, 0.15) is 5.75 Å². The molecule has 0 bridgehead atoms. The second-order valence-electron chi connectivity index (χ2n) is 5.44. The SMILES string of the molecule is CCNC(c1cccc(OC(C)C)c1)c1ncccc1C. The van der Waals surface area contributed by atoms with Gasteiger partial charge in [0.05, 0.1) is 17.8 Å². The molecule has 21 heavy (non-hydrogen) atoms. The topological polar surface area (TPSA) is 34.1 Å². The fraction of sp³-hybridized carbons (Fsp3) is 0.389. The molecule has 1 N–H and O–H groups in total. The summed E-state index contributed by atoms with van der Waals surface area (Å²) >= 11 is 0. The van der Waals surface area contributed by atoms with Gasteiger partial charge in [0.2, 0.25) is 0 Å². The van der Waals surface area contributed by atoms with Crippen LogP contribution in [-0.4, -0.2) is 17.6 Å². The van der Waals surface area contributed by atoms with E-state index in [1.165, 1.54) is 11.1 Å². The lowest BCUT2D eigenvalue weighted by atomic mass is 9.99. The molecule has 0 amide bonds. The largest absolute Gasteiger partial charge is 0.491 e. The number of pyridine rings is 1. The van der Waals surface area contributed by atoms with Gasteiger partial charge in [-0.3, -0.25) is 4.98 Å². The Morgan fingerprint density at radius 1 is 1.19 bits per heavy atom. The van der Waals surface area contributed by atoms with Gasteiger partial charge in [-0.2, -0.15) is 0 Å². The third-order valence-corrected chi connectivity index (χ3v) is 3.29. The Morgan fingerprint density at radius 3 is 2.67 bits per heavy atom. The molecule has 0 aliphatic heterocycles. The minimum Gasteiger partial charge on any atom is -0.491 e. The van der Waals surface area contributed by atoms with Crippen molar-refractivity contribution in [2.24, 2.45) is 0 Å². The Bertz CT molecular complexity index is 581. The van der Waals surface area contributed by atoms with Crippen molar-refractivity contribution in [2.45, 2.75) is 39.8 Å². The number of hydrogen-bond donors (Lipinski definition) is 1. The predicted molar refractivity (Wildman–Crippen MR) is 86.7 cm³/mol. The van der Waals surface area contributed by atoms with Crippen LogP contribution in [0.25, 0.3) is 0 Å². The summed E-state index contributed by atoms with van der Waals surface area (Å²) in [6.45, 7) is 9.17. The number of aromatic nitrogens is 1. The van der Waals surface area contributed by atoms with Crippen molar-refractivity contribution < 1.29 is 4.74 Å². The molecule has 0 spiro atoms. The maximum Gasteiger partial charge on any atom is 0.120 e. The molecular weight excluding hydrogens is 260 g/mol. The molecule has 0 saturated carbocycles. The fourth-order valence-electron chi connectivity index (χ4n) is 2.42. The first kappa shape index (κ1) is 15.5. The van der Waals surface area contributed by atoms with Crippen molar-refractivity contribution in [3.05, 3.63) is 59.4 Å². The Hall–Kier alpha value is -1.87. The summed E-state index contributed by atoms with van der Waals surface area (Å²) in [6.07, 6.45) is 2.02. The molecule has 1 atom stereocenters. The standard InChI is InChI=1S/C18H24N2O/c1-5-19-18(17-14(4)8-7-11-20-17)15-9-6-10-16(12-15)21-13(2)3/h6-13,18-19H,5H2,1-4H3. The Kier molecular flexibility index (Phi) is 5.34. The zero-order valence-electron chi connectivity index (χ0n) is 13.3. The molecule has 0 aliphatic rings. The van der Waals surface area contributed by atoms with E-state index in [2.05, 4.69) is 42.3 Å². The summed E-state index contributed by atoms with van der Waals surface area (Å²) in [4.78, 5) is 4.56. The first-order valence-corrected chi connectivity index (χ1v) is 7.53. The van der Waals surface area contributed by atoms with Gasteiger partial charge in [-0.1, -0.05) is 25.1 Å². The summed E-state index contributed by atoms with van der Waals surface area (Å²) in [5.41, 5.74) is 3.44. The fourth-order valence-corrected chi connectivity index (χ4v) is 2.42. The van der Waals surface area contributed by atoms with E-state index in [1.807, 2.05) is 38.2 Å². The molecule has 2 rings (SSSR count). The number of ether oxygens (including phenoxy) is 1. The summed E-state index contributed by atoms with van der Waals surface area (Å²) in [6, 6.07) is 12.4. The number of nitrogens with zero attached hydrogens (tertiary/aromatic N) is 1. The minimum atomic E-state index is 0.0897. The summed E-state index contributed by atoms with van der Waals surface area (Å²) in [5.74, 6) is 0.902. The lowest BCUT2D eigenvalue weighted by Gasteiger charge is -2.21. The zero-order valence-corrected chi connectivity index (χ0v) is 13.3. The highest BCUT2D eigenvalue weighted by atomic mass is 16.5. The second-order valence-corrected chi connectivity index (χ2v) is 5.44. The highest BCUT2D eigenvalue weighted by Gasteiger charge is 2.17. The van der Waals surface area contributed by atoms with Gasteiger partial charge in [0, 0.05) is 6.20 Å². The molecule has 0 fully saturated rings. The number of aryl methyl sites for hydroxylation is 1. The minimum absolute atomic E-state index is 0.0897. The molecule has 3 nitrogen and oxygen atoms in total. The van der Waals surface area contributed by atoms with Crippen molar-refractivity contribution in [3.8, 4) is 5.75 Å². The highest BCUT2D eigenvalue weighted by molar-refractivity contribution is 5.37. The van der Waals surface area contributed by atoms with Gasteiger partial charge in [0.25, 0.3) is 0 Å². The van der Waals surface area contributed by atoms with Crippen molar-refractivity contribution in [1.82, 2.24) is 10.3 Å². The Morgan fingerprint density at radius 2 is 2.00 bits per heavy atom. The molecule has 112 valence electrons. The average Bonchev–Trinajstić information content (AvgIpc) is 2.45. The van der Waals surface area contributed by atoms with Crippen molar-refractivity contribution in [2.75, 3.05) is 6.54 Å². The quantitative estimate of drug-likeness (QED) is 0.874. The van der Waals surface area contributed by atoms with E-state index in [0.29, 0.717) is 0 Å². The van der Waals surface area contributed by atoms with Crippen LogP contribution in [0, 0.1) is 6.92 Å². The third-order valence-electron chi connectivity index (χ3n) is 3.29. The number of rotatable bonds is 6. The maximum atomic E-state index is 5.80. The first-order chi connectivity index (χ1) is 10.1. The van der Waals surface area contributed by atoms with E-state index in [9.17, 15) is 0 Å². The van der Waals surface area contributed by atoms with Crippen molar-refractivity contribution >= 4 is 0 Å². The van der Waals surface area contributed by atoms with Crippen LogP contribution < -0.4 is 10.1 Å². The van der Waals surface area contributed by atoms with Crippen LogP contribution in [0.5, 0.6) is 5.75 Å². The van der Waals surface area contributed by atoms with E-state index < -0.39 is 0 Å². The summed E-state index contributed by atoms with van der Waals surface area (Å²) in [7, 11) is 0. The number of nitrogens with one attached hydrogen (secondary N) is 1. The lowest BCUT2D eigenvalue weighted by Crippen LogP contribution is -2.23. The molecule has 1 unspecified atom stereocenters. The van der Waals surface area contributed by atoms with Crippen LogP contribution in [0.1, 0.15) is 43.6 Å². The van der Waals surface area contributed by atoms with Gasteiger partial charge < -0.3 is 10.1 Å². The molecule has 1 aromatic heterocycles. The Labute approximate surface area is 127 Å². The van der Waals surface area contributed by atoms with Crippen LogP contribution in [0.3, 0.4) is 0 Å². The predicted octanol–water partition coefficient (Wildman–Crippen LogP) is 3.88. The summed E-state index contributed by atoms with van der Waals surface area (Å²) < 4.78 is 5.80. The number of hydrogen-bond acceptors (Lipinski definition) is 3. The Balaban J connectivity index is 2.36. The van der Waals surface area contributed by atoms with Crippen LogP contribution >= 0.6 is 0 Å². The first-order valence-electron chi connectivity index (χ1n) is 7.53. The van der Waals surface area contributed by atoms with Crippen molar-refractivity contribution in [3.63, 3.8) is 0 Å². The van der Waals surface area contributed by atoms with Crippen LogP contribution in [0.15, 0.2) is 42.6 Å². The summed E-state index contributed by atoms with van der Waals surface area (Å²) in [5, 5.41) is 3.52. The van der Waals surface area contributed by atoms with Crippen LogP contribution in [0.4, 0.5) is 0 Å². The van der Waals surface area contributed by atoms with E-state index in [1.54, 1.807) is 0 Å². The molecule has 0 saturated heterocycles. The third kappa shape index (κ3) is 4.05.